The molecule has 0 radical (unpaired) electrons. The number of carboxylic acid groups (broad SMARTS) is 1. The van der Waals surface area contributed by atoms with Crippen LogP contribution >= 0.6 is 11.8 Å². The van der Waals surface area contributed by atoms with E-state index < -0.39 is 12.0 Å². The number of hydrogen-bond donors (Lipinski definition) is 2. The van der Waals surface area contributed by atoms with E-state index in [0.29, 0.717) is 12.2 Å². The number of amides is 1. The van der Waals surface area contributed by atoms with Crippen molar-refractivity contribution >= 4 is 28.8 Å². The molecule has 0 aliphatic rings. The van der Waals surface area contributed by atoms with Gasteiger partial charge in [-0.2, -0.15) is 0 Å². The third kappa shape index (κ3) is 7.32. The highest BCUT2D eigenvalue weighted by molar-refractivity contribution is 8.13. The van der Waals surface area contributed by atoms with Crippen LogP contribution in [0, 0.1) is 11.8 Å². The highest BCUT2D eigenvalue weighted by Crippen LogP contribution is 2.11. The van der Waals surface area contributed by atoms with E-state index in [1.807, 2.05) is 13.8 Å². The van der Waals surface area contributed by atoms with E-state index in [-0.39, 0.29) is 22.9 Å². The fourth-order valence-corrected chi connectivity index (χ4v) is 1.96. The predicted molar refractivity (Wildman–Crippen MR) is 71.3 cm³/mol. The molecule has 0 saturated heterocycles. The lowest BCUT2D eigenvalue weighted by molar-refractivity contribution is -0.142. The average Bonchev–Trinajstić information content (AvgIpc) is 2.23. The topological polar surface area (TPSA) is 83.5 Å². The highest BCUT2D eigenvalue weighted by atomic mass is 32.2. The van der Waals surface area contributed by atoms with E-state index in [1.54, 1.807) is 6.92 Å². The number of carbonyl (C=O) groups is 3. The predicted octanol–water partition coefficient (Wildman–Crippen LogP) is 1.52. The molecule has 2 N–H and O–H groups in total. The summed E-state index contributed by atoms with van der Waals surface area (Å²) in [7, 11) is 0. The maximum atomic E-state index is 11.8. The van der Waals surface area contributed by atoms with Gasteiger partial charge in [-0.15, -0.1) is 0 Å². The summed E-state index contributed by atoms with van der Waals surface area (Å²) in [6.07, 6.45) is 0.396. The number of hydrogen-bond acceptors (Lipinski definition) is 4. The minimum absolute atomic E-state index is 0.0494. The van der Waals surface area contributed by atoms with E-state index in [0.717, 1.165) is 11.8 Å². The fourth-order valence-electron chi connectivity index (χ4n) is 1.32. The molecular weight excluding hydrogens is 254 g/mol. The Hall–Kier alpha value is -1.04. The van der Waals surface area contributed by atoms with Gasteiger partial charge in [0, 0.05) is 18.6 Å². The van der Waals surface area contributed by atoms with Crippen LogP contribution in [-0.2, 0) is 14.4 Å². The van der Waals surface area contributed by atoms with Crippen molar-refractivity contribution in [3.63, 3.8) is 0 Å². The summed E-state index contributed by atoms with van der Waals surface area (Å²) in [5, 5.41) is 11.5. The van der Waals surface area contributed by atoms with Gasteiger partial charge in [0.05, 0.1) is 0 Å². The summed E-state index contributed by atoms with van der Waals surface area (Å²) < 4.78 is 0. The zero-order valence-corrected chi connectivity index (χ0v) is 12.0. The number of aliphatic carboxylic acids is 1. The molecule has 6 heteroatoms. The molecule has 0 aliphatic carbocycles. The van der Waals surface area contributed by atoms with Crippen LogP contribution in [0.25, 0.3) is 0 Å². The molecule has 0 aliphatic heterocycles. The summed E-state index contributed by atoms with van der Waals surface area (Å²) in [6, 6.07) is -0.859. The molecule has 1 unspecified atom stereocenters. The second-order valence-corrected chi connectivity index (χ2v) is 5.93. The second kappa shape index (κ2) is 8.13. The van der Waals surface area contributed by atoms with Gasteiger partial charge in [-0.1, -0.05) is 32.5 Å². The lowest BCUT2D eigenvalue weighted by Crippen LogP contribution is -2.44. The number of carboxylic acids is 1. The van der Waals surface area contributed by atoms with Gasteiger partial charge in [-0.25, -0.2) is 4.79 Å². The Balaban J connectivity index is 4.31. The third-order valence-electron chi connectivity index (χ3n) is 2.31. The Morgan fingerprint density at radius 2 is 1.78 bits per heavy atom. The Kier molecular flexibility index (Phi) is 7.66. The standard InChI is InChI=1S/C12H21NO4S/c1-7(2)5-10(12(16)17)13-11(15)8(3)6-18-9(4)14/h7-8,10H,5-6H2,1-4H3,(H,13,15)(H,16,17)/t8?,10-/m0/s1. The number of carbonyl (C=O) groups excluding carboxylic acids is 2. The first kappa shape index (κ1) is 17.0. The number of nitrogens with one attached hydrogen (secondary N) is 1. The zero-order chi connectivity index (χ0) is 14.3. The third-order valence-corrected chi connectivity index (χ3v) is 3.38. The second-order valence-electron chi connectivity index (χ2n) is 4.73. The lowest BCUT2D eigenvalue weighted by atomic mass is 10.0. The maximum absolute atomic E-state index is 11.8. The van der Waals surface area contributed by atoms with Crippen molar-refractivity contribution in [3.05, 3.63) is 0 Å². The minimum atomic E-state index is -1.02. The van der Waals surface area contributed by atoms with Crippen LogP contribution in [0.2, 0.25) is 0 Å². The van der Waals surface area contributed by atoms with Crippen LogP contribution in [0.3, 0.4) is 0 Å². The van der Waals surface area contributed by atoms with Gasteiger partial charge >= 0.3 is 5.97 Å². The lowest BCUT2D eigenvalue weighted by Gasteiger charge is -2.18. The molecular formula is C12H21NO4S. The van der Waals surface area contributed by atoms with Gasteiger partial charge < -0.3 is 10.4 Å². The monoisotopic (exact) mass is 275 g/mol. The van der Waals surface area contributed by atoms with E-state index >= 15 is 0 Å². The van der Waals surface area contributed by atoms with Crippen molar-refractivity contribution in [2.24, 2.45) is 11.8 Å². The Bertz CT molecular complexity index is 317. The quantitative estimate of drug-likeness (QED) is 0.736. The molecule has 104 valence electrons. The summed E-state index contributed by atoms with van der Waals surface area (Å²) in [6.45, 7) is 6.92. The molecule has 0 aromatic rings. The molecule has 0 heterocycles. The Morgan fingerprint density at radius 3 is 2.17 bits per heavy atom. The van der Waals surface area contributed by atoms with E-state index in [4.69, 9.17) is 5.11 Å². The van der Waals surface area contributed by atoms with Crippen LogP contribution in [0.1, 0.15) is 34.1 Å². The van der Waals surface area contributed by atoms with Crippen molar-refractivity contribution in [1.29, 1.82) is 0 Å². The largest absolute Gasteiger partial charge is 0.480 e. The van der Waals surface area contributed by atoms with Crippen LogP contribution in [0.4, 0.5) is 0 Å². The molecule has 0 aromatic carbocycles. The first-order valence-electron chi connectivity index (χ1n) is 5.90. The fraction of sp³-hybridized carbons (Fsp3) is 0.750. The normalized spacial score (nSPS) is 14.1. The minimum Gasteiger partial charge on any atom is -0.480 e. The summed E-state index contributed by atoms with van der Waals surface area (Å²) >= 11 is 1.07. The SMILES string of the molecule is CC(=O)SCC(C)C(=O)N[C@@H](CC(C)C)C(=O)O. The van der Waals surface area contributed by atoms with Gasteiger partial charge in [-0.3, -0.25) is 9.59 Å². The van der Waals surface area contributed by atoms with Crippen molar-refractivity contribution in [3.8, 4) is 0 Å². The van der Waals surface area contributed by atoms with E-state index in [9.17, 15) is 14.4 Å². The number of rotatable bonds is 7. The van der Waals surface area contributed by atoms with Crippen molar-refractivity contribution in [2.45, 2.75) is 40.2 Å². The molecule has 0 rings (SSSR count). The average molecular weight is 275 g/mol. The Morgan fingerprint density at radius 1 is 1.22 bits per heavy atom. The first-order valence-corrected chi connectivity index (χ1v) is 6.89. The summed E-state index contributed by atoms with van der Waals surface area (Å²) in [4.78, 5) is 33.5. The molecule has 1 amide bonds. The van der Waals surface area contributed by atoms with Crippen molar-refractivity contribution in [2.75, 3.05) is 5.75 Å². The molecule has 5 nitrogen and oxygen atoms in total. The molecule has 0 fully saturated rings. The van der Waals surface area contributed by atoms with Crippen LogP contribution in [0.5, 0.6) is 0 Å². The Labute approximate surface area is 112 Å². The zero-order valence-electron chi connectivity index (χ0n) is 11.2. The molecule has 0 saturated carbocycles. The smallest absolute Gasteiger partial charge is 0.326 e. The van der Waals surface area contributed by atoms with Gasteiger partial charge in [0.2, 0.25) is 5.91 Å². The maximum Gasteiger partial charge on any atom is 0.326 e. The van der Waals surface area contributed by atoms with Crippen LogP contribution in [-0.4, -0.2) is 33.9 Å². The van der Waals surface area contributed by atoms with Crippen molar-refractivity contribution in [1.82, 2.24) is 5.32 Å². The van der Waals surface area contributed by atoms with E-state index in [2.05, 4.69) is 5.32 Å². The summed E-state index contributed by atoms with van der Waals surface area (Å²) in [5.74, 6) is -1.17. The number of thioether (sulfide) groups is 1. The van der Waals surface area contributed by atoms with Gasteiger partial charge in [0.1, 0.15) is 6.04 Å². The molecule has 2 atom stereocenters. The van der Waals surface area contributed by atoms with Crippen molar-refractivity contribution < 1.29 is 19.5 Å². The highest BCUT2D eigenvalue weighted by Gasteiger charge is 2.23. The van der Waals surface area contributed by atoms with Gasteiger partial charge in [0.15, 0.2) is 5.12 Å². The molecule has 0 bridgehead atoms. The molecule has 18 heavy (non-hydrogen) atoms. The van der Waals surface area contributed by atoms with Crippen LogP contribution in [0.15, 0.2) is 0 Å². The van der Waals surface area contributed by atoms with Crippen LogP contribution < -0.4 is 5.32 Å². The van der Waals surface area contributed by atoms with Gasteiger partial charge in [-0.05, 0) is 12.3 Å². The molecule has 0 aromatic heterocycles. The molecule has 0 spiro atoms. The van der Waals surface area contributed by atoms with E-state index in [1.165, 1.54) is 6.92 Å². The first-order chi connectivity index (χ1) is 8.23. The summed E-state index contributed by atoms with van der Waals surface area (Å²) in [5.41, 5.74) is 0. The van der Waals surface area contributed by atoms with Gasteiger partial charge in [0.25, 0.3) is 0 Å².